The Morgan fingerprint density at radius 2 is 2.32 bits per heavy atom. The van der Waals surface area contributed by atoms with E-state index in [1.165, 1.54) is 18.2 Å². The van der Waals surface area contributed by atoms with E-state index in [0.29, 0.717) is 5.75 Å². The zero-order valence-corrected chi connectivity index (χ0v) is 10.5. The van der Waals surface area contributed by atoms with E-state index in [1.807, 2.05) is 7.05 Å². The van der Waals surface area contributed by atoms with Crippen LogP contribution in [0, 0.1) is 10.1 Å². The molecule has 1 aromatic rings. The first-order valence-electron chi connectivity index (χ1n) is 5.91. The lowest BCUT2D eigenvalue weighted by atomic mass is 10.1. The molecule has 1 amide bonds. The lowest BCUT2D eigenvalue weighted by molar-refractivity contribution is -0.385. The monoisotopic (exact) mass is 265 g/mol. The number of nitro benzene ring substituents is 1. The van der Waals surface area contributed by atoms with E-state index < -0.39 is 10.8 Å². The summed E-state index contributed by atoms with van der Waals surface area (Å²) in [6.07, 6.45) is 0.923. The molecular weight excluding hydrogens is 250 g/mol. The number of rotatable bonds is 4. The highest BCUT2D eigenvalue weighted by Gasteiger charge is 2.23. The third-order valence-corrected chi connectivity index (χ3v) is 3.08. The minimum atomic E-state index is -0.833. The van der Waals surface area contributed by atoms with Crippen LogP contribution in [-0.2, 0) is 0 Å². The van der Waals surface area contributed by atoms with E-state index in [2.05, 4.69) is 4.90 Å². The summed E-state index contributed by atoms with van der Waals surface area (Å²) in [7, 11) is 1.99. The summed E-state index contributed by atoms with van der Waals surface area (Å²) in [6.45, 7) is 1.74. The molecule has 1 atom stereocenters. The van der Waals surface area contributed by atoms with Crippen LogP contribution >= 0.6 is 0 Å². The number of primary amides is 1. The van der Waals surface area contributed by atoms with Gasteiger partial charge in [0, 0.05) is 19.2 Å². The molecule has 102 valence electrons. The van der Waals surface area contributed by atoms with Gasteiger partial charge < -0.3 is 15.4 Å². The molecule has 1 heterocycles. The Kier molecular flexibility index (Phi) is 3.66. The van der Waals surface area contributed by atoms with Crippen molar-refractivity contribution in [2.75, 3.05) is 20.1 Å². The Labute approximate surface area is 110 Å². The maximum atomic E-state index is 11.2. The van der Waals surface area contributed by atoms with Gasteiger partial charge in [0.1, 0.15) is 17.4 Å². The third kappa shape index (κ3) is 3.00. The number of carbonyl (C=O) groups is 1. The van der Waals surface area contributed by atoms with Crippen LogP contribution in [0.1, 0.15) is 16.8 Å². The van der Waals surface area contributed by atoms with E-state index in [-0.39, 0.29) is 17.4 Å². The standard InChI is InChI=1S/C12H15N3O4/c1-14-5-4-9(7-14)19-8-2-3-11(15(17)18)10(6-8)12(13)16/h2-3,6,9H,4-5,7H2,1H3,(H2,13,16). The maximum Gasteiger partial charge on any atom is 0.282 e. The molecule has 0 aliphatic carbocycles. The Bertz CT molecular complexity index is 518. The quantitative estimate of drug-likeness (QED) is 0.640. The molecule has 1 saturated heterocycles. The number of hydrogen-bond donors (Lipinski definition) is 1. The number of hydrogen-bond acceptors (Lipinski definition) is 5. The molecule has 2 rings (SSSR count). The number of likely N-dealkylation sites (N-methyl/N-ethyl adjacent to an activating group) is 1. The molecule has 0 aromatic heterocycles. The van der Waals surface area contributed by atoms with E-state index in [9.17, 15) is 14.9 Å². The first-order valence-corrected chi connectivity index (χ1v) is 5.91. The molecule has 2 N–H and O–H groups in total. The van der Waals surface area contributed by atoms with E-state index in [4.69, 9.17) is 10.5 Å². The summed E-state index contributed by atoms with van der Waals surface area (Å²) >= 11 is 0. The lowest BCUT2D eigenvalue weighted by Gasteiger charge is -2.14. The SMILES string of the molecule is CN1CCC(Oc2ccc([N+](=O)[O-])c(C(N)=O)c2)C1. The highest BCUT2D eigenvalue weighted by molar-refractivity contribution is 5.97. The number of nitrogens with two attached hydrogens (primary N) is 1. The van der Waals surface area contributed by atoms with Crippen molar-refractivity contribution in [3.63, 3.8) is 0 Å². The number of nitrogens with zero attached hydrogens (tertiary/aromatic N) is 2. The molecular formula is C12H15N3O4. The number of nitro groups is 1. The summed E-state index contributed by atoms with van der Waals surface area (Å²) in [5.74, 6) is -0.402. The van der Waals surface area contributed by atoms with Crippen molar-refractivity contribution >= 4 is 11.6 Å². The van der Waals surface area contributed by atoms with Gasteiger partial charge in [0.2, 0.25) is 0 Å². The summed E-state index contributed by atoms with van der Waals surface area (Å²) in [6, 6.07) is 4.07. The fourth-order valence-corrected chi connectivity index (χ4v) is 2.13. The predicted octanol–water partition coefficient (Wildman–Crippen LogP) is 0.777. The van der Waals surface area contributed by atoms with Crippen LogP contribution in [0.2, 0.25) is 0 Å². The molecule has 19 heavy (non-hydrogen) atoms. The predicted molar refractivity (Wildman–Crippen MR) is 68.1 cm³/mol. The van der Waals surface area contributed by atoms with Gasteiger partial charge in [0.05, 0.1) is 4.92 Å². The number of likely N-dealkylation sites (tertiary alicyclic amines) is 1. The molecule has 0 saturated carbocycles. The van der Waals surface area contributed by atoms with Gasteiger partial charge in [-0.2, -0.15) is 0 Å². The van der Waals surface area contributed by atoms with Crippen molar-refractivity contribution in [2.45, 2.75) is 12.5 Å². The molecule has 0 spiro atoms. The third-order valence-electron chi connectivity index (χ3n) is 3.08. The Morgan fingerprint density at radius 1 is 1.58 bits per heavy atom. The van der Waals surface area contributed by atoms with Crippen molar-refractivity contribution < 1.29 is 14.5 Å². The minimum absolute atomic E-state index is 0.0344. The van der Waals surface area contributed by atoms with Gasteiger partial charge in [-0.05, 0) is 25.6 Å². The van der Waals surface area contributed by atoms with Crippen molar-refractivity contribution in [3.8, 4) is 5.75 Å². The average Bonchev–Trinajstić information content (AvgIpc) is 2.74. The largest absolute Gasteiger partial charge is 0.489 e. The molecule has 1 aliphatic rings. The number of carbonyl (C=O) groups excluding carboxylic acids is 1. The van der Waals surface area contributed by atoms with Crippen molar-refractivity contribution in [2.24, 2.45) is 5.73 Å². The zero-order valence-electron chi connectivity index (χ0n) is 10.5. The van der Waals surface area contributed by atoms with E-state index in [1.54, 1.807) is 0 Å². The van der Waals surface area contributed by atoms with E-state index in [0.717, 1.165) is 19.5 Å². The van der Waals surface area contributed by atoms with Gasteiger partial charge >= 0.3 is 0 Å². The van der Waals surface area contributed by atoms with Gasteiger partial charge in [-0.1, -0.05) is 0 Å². The summed E-state index contributed by atoms with van der Waals surface area (Å²) in [4.78, 5) is 23.5. The van der Waals surface area contributed by atoms with Gasteiger partial charge in [-0.3, -0.25) is 14.9 Å². The normalized spacial score (nSPS) is 19.3. The van der Waals surface area contributed by atoms with Gasteiger partial charge in [0.25, 0.3) is 11.6 Å². The van der Waals surface area contributed by atoms with Crippen molar-refractivity contribution in [1.29, 1.82) is 0 Å². The summed E-state index contributed by atoms with van der Waals surface area (Å²) in [5.41, 5.74) is 4.71. The van der Waals surface area contributed by atoms with Crippen LogP contribution in [0.3, 0.4) is 0 Å². The highest BCUT2D eigenvalue weighted by atomic mass is 16.6. The first-order chi connectivity index (χ1) is 8.97. The topological polar surface area (TPSA) is 98.7 Å². The average molecular weight is 265 g/mol. The van der Waals surface area contributed by atoms with Crippen LogP contribution in [0.25, 0.3) is 0 Å². The van der Waals surface area contributed by atoms with Crippen LogP contribution in [0.15, 0.2) is 18.2 Å². The molecule has 0 bridgehead atoms. The second-order valence-corrected chi connectivity index (χ2v) is 4.59. The molecule has 1 unspecified atom stereocenters. The van der Waals surface area contributed by atoms with Crippen molar-refractivity contribution in [1.82, 2.24) is 4.90 Å². The maximum absolute atomic E-state index is 11.2. The highest BCUT2D eigenvalue weighted by Crippen LogP contribution is 2.25. The molecule has 7 heteroatoms. The smallest absolute Gasteiger partial charge is 0.282 e. The Balaban J connectivity index is 2.21. The molecule has 1 aliphatic heterocycles. The van der Waals surface area contributed by atoms with Gasteiger partial charge in [0.15, 0.2) is 0 Å². The second kappa shape index (κ2) is 5.23. The minimum Gasteiger partial charge on any atom is -0.489 e. The summed E-state index contributed by atoms with van der Waals surface area (Å²) in [5, 5.41) is 10.8. The lowest BCUT2D eigenvalue weighted by Crippen LogP contribution is -2.21. The van der Waals surface area contributed by atoms with Crippen molar-refractivity contribution in [3.05, 3.63) is 33.9 Å². The molecule has 7 nitrogen and oxygen atoms in total. The zero-order chi connectivity index (χ0) is 14.0. The van der Waals surface area contributed by atoms with E-state index >= 15 is 0 Å². The second-order valence-electron chi connectivity index (χ2n) is 4.59. The van der Waals surface area contributed by atoms with Crippen LogP contribution in [0.4, 0.5) is 5.69 Å². The van der Waals surface area contributed by atoms with Crippen LogP contribution < -0.4 is 10.5 Å². The van der Waals surface area contributed by atoms with Gasteiger partial charge in [-0.15, -0.1) is 0 Å². The molecule has 1 fully saturated rings. The number of amides is 1. The van der Waals surface area contributed by atoms with Crippen LogP contribution in [0.5, 0.6) is 5.75 Å². The fraction of sp³-hybridized carbons (Fsp3) is 0.417. The Hall–Kier alpha value is -2.15. The van der Waals surface area contributed by atoms with Crippen LogP contribution in [-0.4, -0.2) is 42.0 Å². The summed E-state index contributed by atoms with van der Waals surface area (Å²) < 4.78 is 5.70. The first kappa shape index (κ1) is 13.3. The molecule has 1 aromatic carbocycles. The Morgan fingerprint density at radius 3 is 2.84 bits per heavy atom. The molecule has 0 radical (unpaired) electrons. The fourth-order valence-electron chi connectivity index (χ4n) is 2.13. The van der Waals surface area contributed by atoms with Gasteiger partial charge in [-0.25, -0.2) is 0 Å². The number of ether oxygens (including phenoxy) is 1. The number of benzene rings is 1.